The van der Waals surface area contributed by atoms with Crippen LogP contribution in [0.3, 0.4) is 0 Å². The quantitative estimate of drug-likeness (QED) is 0.357. The fraction of sp³-hybridized carbons (Fsp3) is 0.407. The van der Waals surface area contributed by atoms with E-state index in [-0.39, 0.29) is 23.5 Å². The molecule has 1 N–H and O–H groups in total. The molecule has 0 aromatic heterocycles. The van der Waals surface area contributed by atoms with Gasteiger partial charge in [-0.1, -0.05) is 25.0 Å². The molecule has 1 amide bonds. The highest BCUT2D eigenvalue weighted by Crippen LogP contribution is 2.44. The van der Waals surface area contributed by atoms with Crippen LogP contribution in [0, 0.1) is 0 Å². The second-order valence-corrected chi connectivity index (χ2v) is 8.95. The summed E-state index contributed by atoms with van der Waals surface area (Å²) in [6.45, 7) is 3.90. The Balaban J connectivity index is 1.83. The van der Waals surface area contributed by atoms with Crippen molar-refractivity contribution in [1.29, 1.82) is 0 Å². The lowest BCUT2D eigenvalue weighted by atomic mass is 9.94. The fourth-order valence-electron chi connectivity index (χ4n) is 4.88. The lowest BCUT2D eigenvalue weighted by Gasteiger charge is -2.31. The smallest absolute Gasteiger partial charge is 0.295 e. The van der Waals surface area contributed by atoms with Crippen molar-refractivity contribution < 1.29 is 28.9 Å². The minimum atomic E-state index is -0.677. The highest BCUT2D eigenvalue weighted by atomic mass is 16.5. The van der Waals surface area contributed by atoms with Gasteiger partial charge in [-0.15, -0.1) is 0 Å². The van der Waals surface area contributed by atoms with Crippen LogP contribution in [-0.2, 0) is 9.59 Å². The maximum absolute atomic E-state index is 13.3. The summed E-state index contributed by atoms with van der Waals surface area (Å²) in [4.78, 5) is 28.2. The molecule has 7 nitrogen and oxygen atoms in total. The number of ketones is 1. The summed E-state index contributed by atoms with van der Waals surface area (Å²) >= 11 is 0. The van der Waals surface area contributed by atoms with E-state index in [4.69, 9.17) is 14.2 Å². The van der Waals surface area contributed by atoms with Gasteiger partial charge in [-0.25, -0.2) is 0 Å². The van der Waals surface area contributed by atoms with Gasteiger partial charge < -0.3 is 24.2 Å². The molecule has 0 spiro atoms. The first-order valence-corrected chi connectivity index (χ1v) is 11.6. The molecular weight excluding hydrogens is 434 g/mol. The zero-order valence-electron chi connectivity index (χ0n) is 20.0. The summed E-state index contributed by atoms with van der Waals surface area (Å²) < 4.78 is 16.4. The van der Waals surface area contributed by atoms with Gasteiger partial charge in [0, 0.05) is 11.6 Å². The van der Waals surface area contributed by atoms with Crippen molar-refractivity contribution in [3.8, 4) is 17.2 Å². The lowest BCUT2D eigenvalue weighted by molar-refractivity contribution is -0.141. The van der Waals surface area contributed by atoms with Gasteiger partial charge in [0.15, 0.2) is 11.5 Å². The van der Waals surface area contributed by atoms with Gasteiger partial charge >= 0.3 is 0 Å². The minimum Gasteiger partial charge on any atom is -0.507 e. The number of nitrogens with zero attached hydrogens (tertiary/aromatic N) is 1. The van der Waals surface area contributed by atoms with Gasteiger partial charge in [0.05, 0.1) is 31.9 Å². The van der Waals surface area contributed by atoms with Crippen LogP contribution in [0.1, 0.15) is 56.7 Å². The maximum atomic E-state index is 13.3. The number of likely N-dealkylation sites (tertiary alicyclic amines) is 1. The van der Waals surface area contributed by atoms with E-state index in [1.54, 1.807) is 23.1 Å². The number of ether oxygens (including phenoxy) is 3. The van der Waals surface area contributed by atoms with Gasteiger partial charge in [0.1, 0.15) is 11.5 Å². The largest absolute Gasteiger partial charge is 0.507 e. The van der Waals surface area contributed by atoms with E-state index in [9.17, 15) is 14.7 Å². The number of rotatable bonds is 7. The first-order valence-electron chi connectivity index (χ1n) is 11.6. The number of aliphatic hydroxyl groups is 1. The SMILES string of the molecule is COc1ccc(/C(O)=C2/C(=O)C(=O)N(C3CCCC3)C2c2ccc(OC(C)C)cc2)cc1OC. The van der Waals surface area contributed by atoms with Crippen molar-refractivity contribution in [2.24, 2.45) is 0 Å². The van der Waals surface area contributed by atoms with Crippen molar-refractivity contribution in [1.82, 2.24) is 4.90 Å². The van der Waals surface area contributed by atoms with E-state index in [2.05, 4.69) is 0 Å². The predicted octanol–water partition coefficient (Wildman–Crippen LogP) is 4.86. The second-order valence-electron chi connectivity index (χ2n) is 8.95. The molecule has 1 aliphatic carbocycles. The van der Waals surface area contributed by atoms with Crippen molar-refractivity contribution in [2.75, 3.05) is 14.2 Å². The van der Waals surface area contributed by atoms with Gasteiger partial charge in [-0.2, -0.15) is 0 Å². The van der Waals surface area contributed by atoms with Crippen LogP contribution in [0.25, 0.3) is 5.76 Å². The van der Waals surface area contributed by atoms with Crippen molar-refractivity contribution in [3.05, 3.63) is 59.2 Å². The highest BCUT2D eigenvalue weighted by Gasteiger charge is 2.49. The van der Waals surface area contributed by atoms with Gasteiger partial charge in [0.25, 0.3) is 11.7 Å². The third-order valence-electron chi connectivity index (χ3n) is 6.42. The first-order chi connectivity index (χ1) is 16.3. The summed E-state index contributed by atoms with van der Waals surface area (Å²) in [6, 6.07) is 11.6. The number of Topliss-reactive ketones (excluding diaryl/α,β-unsaturated/α-hetero) is 1. The Morgan fingerprint density at radius 1 is 0.971 bits per heavy atom. The van der Waals surface area contributed by atoms with Crippen molar-refractivity contribution >= 4 is 17.4 Å². The van der Waals surface area contributed by atoms with Gasteiger partial charge in [-0.3, -0.25) is 9.59 Å². The summed E-state index contributed by atoms with van der Waals surface area (Å²) in [7, 11) is 3.03. The summed E-state index contributed by atoms with van der Waals surface area (Å²) in [5.41, 5.74) is 1.22. The number of aliphatic hydroxyl groups excluding tert-OH is 1. The fourth-order valence-corrected chi connectivity index (χ4v) is 4.88. The summed E-state index contributed by atoms with van der Waals surface area (Å²) in [5.74, 6) is 0.156. The third-order valence-corrected chi connectivity index (χ3v) is 6.42. The molecule has 1 atom stereocenters. The number of methoxy groups -OCH3 is 2. The standard InChI is InChI=1S/C27H31NO6/c1-16(2)34-20-12-9-17(10-13-20)24-23(26(30)27(31)28(24)19-7-5-6-8-19)25(29)18-11-14-21(32-3)22(15-18)33-4/h9-16,19,24,29H,5-8H2,1-4H3/b25-23-. The third kappa shape index (κ3) is 4.34. The molecule has 7 heteroatoms. The second kappa shape index (κ2) is 9.79. The molecule has 1 unspecified atom stereocenters. The molecular formula is C27H31NO6. The molecule has 2 aromatic carbocycles. The van der Waals surface area contributed by atoms with Crippen molar-refractivity contribution in [3.63, 3.8) is 0 Å². The zero-order chi connectivity index (χ0) is 24.4. The molecule has 0 bridgehead atoms. The summed E-state index contributed by atoms with van der Waals surface area (Å²) in [6.07, 6.45) is 3.73. The molecule has 1 heterocycles. The Hall–Kier alpha value is -3.48. The normalized spacial score (nSPS) is 20.3. The number of carbonyl (C=O) groups excluding carboxylic acids is 2. The zero-order valence-corrected chi connectivity index (χ0v) is 20.0. The number of benzene rings is 2. The first kappa shape index (κ1) is 23.7. The molecule has 1 saturated heterocycles. The average Bonchev–Trinajstić information content (AvgIpc) is 3.45. The molecule has 34 heavy (non-hydrogen) atoms. The van der Waals surface area contributed by atoms with Crippen LogP contribution >= 0.6 is 0 Å². The topological polar surface area (TPSA) is 85.3 Å². The molecule has 0 radical (unpaired) electrons. The molecule has 2 aromatic rings. The summed E-state index contributed by atoms with van der Waals surface area (Å²) in [5, 5.41) is 11.3. The van der Waals surface area contributed by atoms with E-state index in [1.807, 2.05) is 38.1 Å². The van der Waals surface area contributed by atoms with E-state index in [1.165, 1.54) is 14.2 Å². The molecule has 180 valence electrons. The van der Waals surface area contributed by atoms with E-state index in [0.29, 0.717) is 22.8 Å². The minimum absolute atomic E-state index is 0.0278. The van der Waals surface area contributed by atoms with Crippen LogP contribution in [-0.4, -0.2) is 48.1 Å². The molecule has 1 aliphatic heterocycles. The highest BCUT2D eigenvalue weighted by molar-refractivity contribution is 6.46. The van der Waals surface area contributed by atoms with Gasteiger partial charge in [0.2, 0.25) is 0 Å². The molecule has 1 saturated carbocycles. The lowest BCUT2D eigenvalue weighted by Crippen LogP contribution is -2.37. The number of hydrogen-bond donors (Lipinski definition) is 1. The monoisotopic (exact) mass is 465 g/mol. The number of hydrogen-bond acceptors (Lipinski definition) is 6. The predicted molar refractivity (Wildman–Crippen MR) is 128 cm³/mol. The van der Waals surface area contributed by atoms with Crippen LogP contribution in [0.15, 0.2) is 48.0 Å². The van der Waals surface area contributed by atoms with E-state index in [0.717, 1.165) is 31.2 Å². The Kier molecular flexibility index (Phi) is 6.82. The average molecular weight is 466 g/mol. The molecule has 2 aliphatic rings. The van der Waals surface area contributed by atoms with Crippen LogP contribution in [0.2, 0.25) is 0 Å². The van der Waals surface area contributed by atoms with Crippen LogP contribution < -0.4 is 14.2 Å². The van der Waals surface area contributed by atoms with Gasteiger partial charge in [-0.05, 0) is 62.6 Å². The Labute approximate surface area is 199 Å². The Bertz CT molecular complexity index is 1100. The van der Waals surface area contributed by atoms with Crippen LogP contribution in [0.4, 0.5) is 0 Å². The number of carbonyl (C=O) groups is 2. The van der Waals surface area contributed by atoms with E-state index >= 15 is 0 Å². The van der Waals surface area contributed by atoms with E-state index < -0.39 is 17.7 Å². The number of amides is 1. The molecule has 2 fully saturated rings. The van der Waals surface area contributed by atoms with Crippen LogP contribution in [0.5, 0.6) is 17.2 Å². The van der Waals surface area contributed by atoms with Crippen molar-refractivity contribution in [2.45, 2.75) is 57.7 Å². The Morgan fingerprint density at radius 2 is 1.62 bits per heavy atom. The molecule has 4 rings (SSSR count). The Morgan fingerprint density at radius 3 is 2.21 bits per heavy atom. The maximum Gasteiger partial charge on any atom is 0.295 e.